The molecule has 0 atom stereocenters. The third kappa shape index (κ3) is 3.43. The lowest BCUT2D eigenvalue weighted by Crippen LogP contribution is -2.22. The summed E-state index contributed by atoms with van der Waals surface area (Å²) in [5, 5.41) is 8.71. The summed E-state index contributed by atoms with van der Waals surface area (Å²) in [6.07, 6.45) is 1.63. The molecule has 0 radical (unpaired) electrons. The Morgan fingerprint density at radius 3 is 2.74 bits per heavy atom. The first kappa shape index (κ1) is 13.3. The number of nitriles is 1. The number of halogens is 1. The molecule has 1 aromatic heterocycles. The van der Waals surface area contributed by atoms with E-state index in [1.807, 2.05) is 25.1 Å². The first-order valence-corrected chi connectivity index (χ1v) is 6.16. The minimum atomic E-state index is -0.336. The van der Waals surface area contributed by atoms with Gasteiger partial charge in [-0.1, -0.05) is 13.0 Å². The molecule has 1 heterocycles. The van der Waals surface area contributed by atoms with E-state index in [9.17, 15) is 4.39 Å². The van der Waals surface area contributed by atoms with Crippen LogP contribution in [-0.2, 0) is 13.1 Å². The minimum absolute atomic E-state index is 0.336. The summed E-state index contributed by atoms with van der Waals surface area (Å²) in [7, 11) is 0. The van der Waals surface area contributed by atoms with Gasteiger partial charge < -0.3 is 4.42 Å². The zero-order chi connectivity index (χ0) is 13.7. The van der Waals surface area contributed by atoms with E-state index in [0.717, 1.165) is 12.3 Å². The van der Waals surface area contributed by atoms with E-state index in [1.54, 1.807) is 18.4 Å². The highest BCUT2D eigenvalue weighted by Crippen LogP contribution is 2.14. The molecule has 2 aromatic rings. The van der Waals surface area contributed by atoms with E-state index in [-0.39, 0.29) is 5.82 Å². The number of benzene rings is 1. The van der Waals surface area contributed by atoms with E-state index >= 15 is 0 Å². The quantitative estimate of drug-likeness (QED) is 0.826. The molecule has 0 saturated heterocycles. The summed E-state index contributed by atoms with van der Waals surface area (Å²) in [6, 6.07) is 10.2. The van der Waals surface area contributed by atoms with Gasteiger partial charge in [0.15, 0.2) is 0 Å². The second-order valence-corrected chi connectivity index (χ2v) is 4.30. The fraction of sp³-hybridized carbons (Fsp3) is 0.267. The number of rotatable bonds is 5. The summed E-state index contributed by atoms with van der Waals surface area (Å²) >= 11 is 0. The maximum absolute atomic E-state index is 13.8. The average Bonchev–Trinajstić information content (AvgIpc) is 2.92. The van der Waals surface area contributed by atoms with Crippen LogP contribution in [0.1, 0.15) is 23.8 Å². The van der Waals surface area contributed by atoms with E-state index in [1.165, 1.54) is 6.07 Å². The molecule has 4 heteroatoms. The molecule has 0 aliphatic rings. The molecule has 3 nitrogen and oxygen atoms in total. The maximum Gasteiger partial charge on any atom is 0.129 e. The van der Waals surface area contributed by atoms with Gasteiger partial charge in [-0.15, -0.1) is 0 Å². The number of furan rings is 1. The molecule has 0 bridgehead atoms. The van der Waals surface area contributed by atoms with Gasteiger partial charge in [0.2, 0.25) is 0 Å². The van der Waals surface area contributed by atoms with Crippen LogP contribution in [0.2, 0.25) is 0 Å². The van der Waals surface area contributed by atoms with Gasteiger partial charge in [0.05, 0.1) is 24.4 Å². The standard InChI is InChI=1S/C15H15FN2O/c1-2-18(11-14-4-3-7-19-14)10-13-6-5-12(9-17)8-15(13)16/h3-8H,2,10-11H2,1H3. The van der Waals surface area contributed by atoms with Crippen molar-refractivity contribution in [2.75, 3.05) is 6.54 Å². The van der Waals surface area contributed by atoms with Crippen LogP contribution in [0.15, 0.2) is 41.0 Å². The number of hydrogen-bond donors (Lipinski definition) is 0. The van der Waals surface area contributed by atoms with Crippen molar-refractivity contribution in [3.8, 4) is 6.07 Å². The molecule has 0 unspecified atom stereocenters. The highest BCUT2D eigenvalue weighted by Gasteiger charge is 2.10. The Balaban J connectivity index is 2.08. The zero-order valence-corrected chi connectivity index (χ0v) is 10.8. The Bertz CT molecular complexity index is 572. The Morgan fingerprint density at radius 2 is 2.16 bits per heavy atom. The molecule has 0 amide bonds. The van der Waals surface area contributed by atoms with Crippen molar-refractivity contribution in [3.05, 3.63) is 59.3 Å². The van der Waals surface area contributed by atoms with Crippen molar-refractivity contribution in [3.63, 3.8) is 0 Å². The molecule has 0 aliphatic heterocycles. The fourth-order valence-corrected chi connectivity index (χ4v) is 1.89. The van der Waals surface area contributed by atoms with E-state index in [2.05, 4.69) is 4.90 Å². The SMILES string of the molecule is CCN(Cc1ccco1)Cc1ccc(C#N)cc1F. The van der Waals surface area contributed by atoms with Crippen LogP contribution < -0.4 is 0 Å². The topological polar surface area (TPSA) is 40.2 Å². The molecule has 19 heavy (non-hydrogen) atoms. The predicted molar refractivity (Wildman–Crippen MR) is 69.6 cm³/mol. The number of nitrogens with zero attached hydrogens (tertiary/aromatic N) is 2. The molecule has 0 N–H and O–H groups in total. The summed E-state index contributed by atoms with van der Waals surface area (Å²) in [5.74, 6) is 0.521. The van der Waals surface area contributed by atoms with Gasteiger partial charge in [-0.25, -0.2) is 4.39 Å². The Hall–Kier alpha value is -2.12. The van der Waals surface area contributed by atoms with Gasteiger partial charge in [-0.05, 0) is 30.8 Å². The van der Waals surface area contributed by atoms with Crippen molar-refractivity contribution >= 4 is 0 Å². The molecule has 0 aliphatic carbocycles. The molecule has 98 valence electrons. The van der Waals surface area contributed by atoms with Crippen molar-refractivity contribution < 1.29 is 8.81 Å². The third-order valence-corrected chi connectivity index (χ3v) is 2.98. The Labute approximate surface area is 111 Å². The molecular formula is C15H15FN2O. The first-order chi connectivity index (χ1) is 9.22. The van der Waals surface area contributed by atoms with Crippen LogP contribution in [0.3, 0.4) is 0 Å². The first-order valence-electron chi connectivity index (χ1n) is 6.16. The van der Waals surface area contributed by atoms with Crippen molar-refractivity contribution in [2.24, 2.45) is 0 Å². The molecule has 0 spiro atoms. The van der Waals surface area contributed by atoms with Crippen LogP contribution in [-0.4, -0.2) is 11.4 Å². The largest absolute Gasteiger partial charge is 0.468 e. The van der Waals surface area contributed by atoms with Crippen molar-refractivity contribution in [1.82, 2.24) is 4.90 Å². The minimum Gasteiger partial charge on any atom is -0.468 e. The summed E-state index contributed by atoms with van der Waals surface area (Å²) in [6.45, 7) is 3.95. The van der Waals surface area contributed by atoms with Crippen LogP contribution in [0, 0.1) is 17.1 Å². The van der Waals surface area contributed by atoms with Gasteiger partial charge in [0, 0.05) is 12.1 Å². The summed E-state index contributed by atoms with van der Waals surface area (Å²) < 4.78 is 19.1. The van der Waals surface area contributed by atoms with Crippen LogP contribution in [0.4, 0.5) is 4.39 Å². The molecule has 1 aromatic carbocycles. The van der Waals surface area contributed by atoms with Crippen molar-refractivity contribution in [2.45, 2.75) is 20.0 Å². The molecule has 0 fully saturated rings. The monoisotopic (exact) mass is 258 g/mol. The van der Waals surface area contributed by atoms with Crippen LogP contribution in [0.5, 0.6) is 0 Å². The smallest absolute Gasteiger partial charge is 0.129 e. The molecule has 0 saturated carbocycles. The average molecular weight is 258 g/mol. The summed E-state index contributed by atoms with van der Waals surface area (Å²) in [4.78, 5) is 2.07. The maximum atomic E-state index is 13.8. The lowest BCUT2D eigenvalue weighted by molar-refractivity contribution is 0.244. The summed E-state index contributed by atoms with van der Waals surface area (Å²) in [5.41, 5.74) is 0.933. The zero-order valence-electron chi connectivity index (χ0n) is 10.8. The van der Waals surface area contributed by atoms with E-state index in [0.29, 0.717) is 24.2 Å². The Kier molecular flexibility index (Phi) is 4.32. The lowest BCUT2D eigenvalue weighted by atomic mass is 10.1. The Morgan fingerprint density at radius 1 is 1.32 bits per heavy atom. The molecule has 2 rings (SSSR count). The highest BCUT2D eigenvalue weighted by molar-refractivity contribution is 5.32. The van der Waals surface area contributed by atoms with Gasteiger partial charge in [0.25, 0.3) is 0 Å². The van der Waals surface area contributed by atoms with Gasteiger partial charge in [0.1, 0.15) is 11.6 Å². The second kappa shape index (κ2) is 6.17. The van der Waals surface area contributed by atoms with Crippen LogP contribution in [0.25, 0.3) is 0 Å². The highest BCUT2D eigenvalue weighted by atomic mass is 19.1. The normalized spacial score (nSPS) is 10.6. The number of hydrogen-bond acceptors (Lipinski definition) is 3. The predicted octanol–water partition coefficient (Wildman–Crippen LogP) is 3.31. The van der Waals surface area contributed by atoms with Gasteiger partial charge in [-0.3, -0.25) is 4.90 Å². The van der Waals surface area contributed by atoms with Gasteiger partial charge >= 0.3 is 0 Å². The fourth-order valence-electron chi connectivity index (χ4n) is 1.89. The van der Waals surface area contributed by atoms with E-state index < -0.39 is 0 Å². The third-order valence-electron chi connectivity index (χ3n) is 2.98. The second-order valence-electron chi connectivity index (χ2n) is 4.30. The lowest BCUT2D eigenvalue weighted by Gasteiger charge is -2.19. The van der Waals surface area contributed by atoms with E-state index in [4.69, 9.17) is 9.68 Å². The van der Waals surface area contributed by atoms with Gasteiger partial charge in [-0.2, -0.15) is 5.26 Å². The van der Waals surface area contributed by atoms with Crippen LogP contribution >= 0.6 is 0 Å². The molecular weight excluding hydrogens is 243 g/mol. The van der Waals surface area contributed by atoms with Crippen molar-refractivity contribution in [1.29, 1.82) is 5.26 Å².